The van der Waals surface area contributed by atoms with Gasteiger partial charge in [-0.1, -0.05) is 49.0 Å². The Morgan fingerprint density at radius 1 is 1.00 bits per heavy atom. The number of pyridine rings is 2. The maximum absolute atomic E-state index is 13.0. The number of halogens is 3. The molecule has 0 aliphatic rings. The lowest BCUT2D eigenvalue weighted by Crippen LogP contribution is -2.26. The minimum Gasteiger partial charge on any atom is -0.493 e. The van der Waals surface area contributed by atoms with E-state index >= 15 is 0 Å². The van der Waals surface area contributed by atoms with Crippen LogP contribution in [0, 0.1) is 5.92 Å². The summed E-state index contributed by atoms with van der Waals surface area (Å²) in [6, 6.07) is 12.7. The van der Waals surface area contributed by atoms with Gasteiger partial charge in [0, 0.05) is 31.8 Å². The average Bonchev–Trinajstić information content (AvgIpc) is 2.91. The fourth-order valence-corrected chi connectivity index (χ4v) is 4.74. The fraction of sp³-hybridized carbons (Fsp3) is 0.321. The first-order valence-electron chi connectivity index (χ1n) is 12.1. The zero-order valence-electron chi connectivity index (χ0n) is 22.1. The van der Waals surface area contributed by atoms with Gasteiger partial charge in [0.15, 0.2) is 17.2 Å². The highest BCUT2D eigenvalue weighted by Crippen LogP contribution is 2.39. The Kier molecular flexibility index (Phi) is 10.3. The molecule has 0 radical (unpaired) electrons. The van der Waals surface area contributed by atoms with Gasteiger partial charge in [0.05, 0.1) is 28.9 Å². The molecule has 212 valence electrons. The highest BCUT2D eigenvalue weighted by atomic mass is 32.2. The number of aromatic nitrogens is 2. The number of esters is 2. The van der Waals surface area contributed by atoms with Gasteiger partial charge in [0.2, 0.25) is 5.75 Å². The van der Waals surface area contributed by atoms with Gasteiger partial charge in [-0.15, -0.1) is 0 Å². The summed E-state index contributed by atoms with van der Waals surface area (Å²) in [7, 11) is 1.35. The third kappa shape index (κ3) is 8.04. The number of nitrogens with zero attached hydrogens (tertiary/aromatic N) is 2. The van der Waals surface area contributed by atoms with Crippen LogP contribution in [0.4, 0.5) is 13.2 Å². The highest BCUT2D eigenvalue weighted by molar-refractivity contribution is 7.99. The molecule has 0 amide bonds. The lowest BCUT2D eigenvalue weighted by Gasteiger charge is -2.25. The number of alkyl halides is 3. The van der Waals surface area contributed by atoms with Gasteiger partial charge < -0.3 is 14.2 Å². The molecule has 8 nitrogen and oxygen atoms in total. The molecular weight excluding hydrogens is 549 g/mol. The van der Waals surface area contributed by atoms with Gasteiger partial charge in [-0.05, 0) is 24.6 Å². The zero-order chi connectivity index (χ0) is 29.4. The molecule has 0 fully saturated rings. The van der Waals surface area contributed by atoms with Gasteiger partial charge in [0.1, 0.15) is 6.10 Å². The van der Waals surface area contributed by atoms with Gasteiger partial charge in [-0.25, -0.2) is 9.97 Å². The molecule has 0 saturated heterocycles. The van der Waals surface area contributed by atoms with Crippen molar-refractivity contribution in [3.05, 3.63) is 77.7 Å². The summed E-state index contributed by atoms with van der Waals surface area (Å²) >= 11 is 1.15. The Morgan fingerprint density at radius 2 is 1.70 bits per heavy atom. The predicted octanol–water partition coefficient (Wildman–Crippen LogP) is 6.10. The van der Waals surface area contributed by atoms with E-state index in [4.69, 9.17) is 14.2 Å². The van der Waals surface area contributed by atoms with E-state index in [0.29, 0.717) is 5.03 Å². The van der Waals surface area contributed by atoms with E-state index < -0.39 is 46.7 Å². The summed E-state index contributed by atoms with van der Waals surface area (Å²) in [5.74, 6) is -2.79. The first-order valence-corrected chi connectivity index (χ1v) is 13.0. The van der Waals surface area contributed by atoms with Crippen molar-refractivity contribution in [2.45, 2.75) is 49.7 Å². The summed E-state index contributed by atoms with van der Waals surface area (Å²) in [6.07, 6.45) is -3.46. The number of ketones is 1. The van der Waals surface area contributed by atoms with Crippen LogP contribution in [-0.4, -0.2) is 40.9 Å². The molecule has 0 aliphatic heterocycles. The number of methoxy groups -OCH3 is 1. The topological polar surface area (TPSA) is 105 Å². The quantitative estimate of drug-likeness (QED) is 0.152. The number of ether oxygens (including phenoxy) is 3. The maximum Gasteiger partial charge on any atom is 0.417 e. The SMILES string of the molecule is COc1ccnc(C(=O)C[C@@H](C)C(=O)O[C@@H](C)[C@H](Sc2ccc(C(F)(F)F)cn2)c2ccccc2)c1OC(C)=O. The summed E-state index contributed by atoms with van der Waals surface area (Å²) in [4.78, 5) is 45.5. The van der Waals surface area contributed by atoms with Crippen LogP contribution in [0.25, 0.3) is 0 Å². The van der Waals surface area contributed by atoms with Gasteiger partial charge >= 0.3 is 18.1 Å². The number of carbonyl (C=O) groups is 3. The van der Waals surface area contributed by atoms with E-state index in [0.717, 1.165) is 29.6 Å². The molecule has 0 spiro atoms. The molecule has 12 heteroatoms. The Labute approximate surface area is 233 Å². The molecule has 0 aliphatic carbocycles. The number of hydrogen-bond acceptors (Lipinski definition) is 9. The molecule has 3 rings (SSSR count). The highest BCUT2D eigenvalue weighted by Gasteiger charge is 2.32. The molecule has 0 unspecified atom stereocenters. The summed E-state index contributed by atoms with van der Waals surface area (Å²) in [6.45, 7) is 4.34. The monoisotopic (exact) mass is 576 g/mol. The van der Waals surface area contributed by atoms with Crippen LogP contribution in [0.15, 0.2) is 66.0 Å². The van der Waals surface area contributed by atoms with Gasteiger partial charge in [-0.3, -0.25) is 14.4 Å². The van der Waals surface area contributed by atoms with E-state index in [9.17, 15) is 27.6 Å². The summed E-state index contributed by atoms with van der Waals surface area (Å²) in [5, 5.41) is -0.192. The third-order valence-corrected chi connectivity index (χ3v) is 7.05. The molecule has 0 bridgehead atoms. The second kappa shape index (κ2) is 13.4. The van der Waals surface area contributed by atoms with Crippen molar-refractivity contribution in [2.75, 3.05) is 7.11 Å². The van der Waals surface area contributed by atoms with Crippen LogP contribution in [0.1, 0.15) is 54.1 Å². The molecule has 2 aromatic heterocycles. The van der Waals surface area contributed by atoms with Gasteiger partial charge in [0.25, 0.3) is 0 Å². The normalized spacial score (nSPS) is 13.6. The van der Waals surface area contributed by atoms with Crippen molar-refractivity contribution in [3.8, 4) is 11.5 Å². The number of carbonyl (C=O) groups excluding carboxylic acids is 3. The first-order chi connectivity index (χ1) is 18.9. The Bertz CT molecular complexity index is 1340. The van der Waals surface area contributed by atoms with Crippen molar-refractivity contribution in [1.29, 1.82) is 0 Å². The number of rotatable bonds is 11. The maximum atomic E-state index is 13.0. The minimum absolute atomic E-state index is 0.136. The number of benzene rings is 1. The molecular formula is C28H27F3N2O6S. The molecule has 3 atom stereocenters. The van der Waals surface area contributed by atoms with Crippen molar-refractivity contribution in [2.24, 2.45) is 5.92 Å². The zero-order valence-corrected chi connectivity index (χ0v) is 22.9. The first kappa shape index (κ1) is 30.6. The minimum atomic E-state index is -4.51. The molecule has 0 saturated carbocycles. The fourth-order valence-electron chi connectivity index (χ4n) is 3.68. The van der Waals surface area contributed by atoms with E-state index in [-0.39, 0.29) is 23.6 Å². The molecule has 3 aromatic rings. The second-order valence-corrected chi connectivity index (χ2v) is 9.95. The van der Waals surface area contributed by atoms with Crippen LogP contribution in [0.3, 0.4) is 0 Å². The average molecular weight is 577 g/mol. The second-order valence-electron chi connectivity index (χ2n) is 8.79. The van der Waals surface area contributed by atoms with Crippen molar-refractivity contribution in [3.63, 3.8) is 0 Å². The molecule has 1 aromatic carbocycles. The summed E-state index contributed by atoms with van der Waals surface area (Å²) in [5.41, 5.74) is -0.258. The predicted molar refractivity (Wildman–Crippen MR) is 140 cm³/mol. The van der Waals surface area contributed by atoms with Crippen LogP contribution < -0.4 is 9.47 Å². The van der Waals surface area contributed by atoms with Crippen LogP contribution in [0.2, 0.25) is 0 Å². The number of hydrogen-bond donors (Lipinski definition) is 0. The van der Waals surface area contributed by atoms with Crippen molar-refractivity contribution < 1.29 is 41.8 Å². The van der Waals surface area contributed by atoms with E-state index in [1.165, 1.54) is 39.3 Å². The van der Waals surface area contributed by atoms with Crippen LogP contribution >= 0.6 is 11.8 Å². The van der Waals surface area contributed by atoms with Gasteiger partial charge in [-0.2, -0.15) is 13.2 Å². The van der Waals surface area contributed by atoms with Crippen molar-refractivity contribution >= 4 is 29.5 Å². The Balaban J connectivity index is 1.75. The van der Waals surface area contributed by atoms with E-state index in [1.807, 2.05) is 18.2 Å². The Morgan fingerprint density at radius 3 is 2.27 bits per heavy atom. The standard InChI is InChI=1S/C28H27F3N2O6S/c1-16(14-21(35)24-25(39-18(3)34)22(37-4)12-13-32-24)27(36)38-17(2)26(19-8-6-5-7-9-19)40-23-11-10-20(15-33-23)28(29,30)31/h5-13,15-17,26H,14H2,1-4H3/t16-,17+,26+/m1/s1. The Hall–Kier alpha value is -3.93. The largest absolute Gasteiger partial charge is 0.493 e. The van der Waals surface area contributed by atoms with E-state index in [1.54, 1.807) is 19.1 Å². The lowest BCUT2D eigenvalue weighted by atomic mass is 10.0. The molecule has 2 heterocycles. The summed E-state index contributed by atoms with van der Waals surface area (Å²) < 4.78 is 54.8. The van der Waals surface area contributed by atoms with Crippen molar-refractivity contribution in [1.82, 2.24) is 9.97 Å². The van der Waals surface area contributed by atoms with Crippen LogP contribution in [-0.2, 0) is 20.5 Å². The third-order valence-electron chi connectivity index (χ3n) is 5.66. The molecule has 40 heavy (non-hydrogen) atoms. The number of Topliss-reactive ketones (excluding diaryl/α,β-unsaturated/α-hetero) is 1. The molecule has 0 N–H and O–H groups in total. The van der Waals surface area contributed by atoms with Crippen LogP contribution in [0.5, 0.6) is 11.5 Å². The smallest absolute Gasteiger partial charge is 0.417 e. The number of thioether (sulfide) groups is 1. The lowest BCUT2D eigenvalue weighted by molar-refractivity contribution is -0.152. The van der Waals surface area contributed by atoms with E-state index in [2.05, 4.69) is 9.97 Å².